The molecule has 0 aromatic heterocycles. The molecule has 2 aromatic carbocycles. The van der Waals surface area contributed by atoms with Crippen molar-refractivity contribution >= 4 is 17.3 Å². The van der Waals surface area contributed by atoms with Crippen molar-refractivity contribution in [1.82, 2.24) is 0 Å². The zero-order valence-corrected chi connectivity index (χ0v) is 13.6. The van der Waals surface area contributed by atoms with E-state index in [0.717, 1.165) is 11.3 Å². The zero-order valence-electron chi connectivity index (χ0n) is 13.6. The third kappa shape index (κ3) is 4.14. The molecule has 122 valence electrons. The number of benzene rings is 2. The molecule has 24 heavy (non-hydrogen) atoms. The quantitative estimate of drug-likeness (QED) is 0.442. The van der Waals surface area contributed by atoms with Gasteiger partial charge in [-0.25, -0.2) is 0 Å². The number of phenols is 1. The van der Waals surface area contributed by atoms with Gasteiger partial charge in [0.05, 0.1) is 5.69 Å². The molecule has 0 heterocycles. The number of amides is 1. The number of anilines is 2. The highest BCUT2D eigenvalue weighted by Crippen LogP contribution is 2.24. The number of carbonyl (C=O) groups is 1. The molecule has 3 N–H and O–H groups in total. The number of aromatic hydroxyl groups is 1. The average molecular weight is 321 g/mol. The molecule has 2 rings (SSSR count). The summed E-state index contributed by atoms with van der Waals surface area (Å²) in [7, 11) is 0. The molecule has 0 unspecified atom stereocenters. The fourth-order valence-corrected chi connectivity index (χ4v) is 2.20. The van der Waals surface area contributed by atoms with Gasteiger partial charge in [-0.05, 0) is 29.7 Å². The number of nitriles is 1. The summed E-state index contributed by atoms with van der Waals surface area (Å²) in [6.07, 6.45) is 1.37. The molecule has 5 nitrogen and oxygen atoms in total. The summed E-state index contributed by atoms with van der Waals surface area (Å²) in [5.41, 5.74) is 2.10. The average Bonchev–Trinajstić information content (AvgIpc) is 2.57. The lowest BCUT2D eigenvalue weighted by Gasteiger charge is -2.12. The third-order valence-electron chi connectivity index (χ3n) is 3.47. The molecular weight excluding hydrogens is 302 g/mol. The smallest absolute Gasteiger partial charge is 0.267 e. The monoisotopic (exact) mass is 321 g/mol. The fraction of sp³-hybridized carbons (Fsp3) is 0.158. The molecule has 2 aromatic rings. The minimum Gasteiger partial charge on any atom is -0.506 e. The van der Waals surface area contributed by atoms with Gasteiger partial charge in [-0.2, -0.15) is 5.26 Å². The van der Waals surface area contributed by atoms with Crippen LogP contribution in [0.25, 0.3) is 0 Å². The lowest BCUT2D eigenvalue weighted by Crippen LogP contribution is -2.14. The summed E-state index contributed by atoms with van der Waals surface area (Å²) in [5.74, 6) is -0.336. The predicted octanol–water partition coefficient (Wildman–Crippen LogP) is 3.97. The van der Waals surface area contributed by atoms with Crippen LogP contribution in [0.15, 0.2) is 60.3 Å². The van der Waals surface area contributed by atoms with Crippen LogP contribution in [0.5, 0.6) is 5.75 Å². The molecule has 0 atom stereocenters. The molecule has 0 aliphatic rings. The van der Waals surface area contributed by atoms with Crippen LogP contribution in [-0.2, 0) is 4.79 Å². The Morgan fingerprint density at radius 1 is 1.12 bits per heavy atom. The molecule has 0 fully saturated rings. The minimum absolute atomic E-state index is 0.0544. The van der Waals surface area contributed by atoms with Gasteiger partial charge >= 0.3 is 0 Å². The van der Waals surface area contributed by atoms with Gasteiger partial charge in [0.2, 0.25) is 0 Å². The topological polar surface area (TPSA) is 85.2 Å². The van der Waals surface area contributed by atoms with E-state index in [1.807, 2.05) is 30.3 Å². The lowest BCUT2D eigenvalue weighted by molar-refractivity contribution is -0.112. The Morgan fingerprint density at radius 2 is 1.75 bits per heavy atom. The van der Waals surface area contributed by atoms with Crippen LogP contribution in [0.1, 0.15) is 25.3 Å². The van der Waals surface area contributed by atoms with E-state index in [9.17, 15) is 15.2 Å². The highest BCUT2D eigenvalue weighted by atomic mass is 16.3. The number of phenolic OH excluding ortho intramolecular Hbond substituents is 1. The SMILES string of the molecule is CC(C)c1ccccc1N/C=C(/C#N)C(=O)Nc1ccccc1O. The Labute approximate surface area is 141 Å². The van der Waals surface area contributed by atoms with Crippen molar-refractivity contribution in [2.75, 3.05) is 10.6 Å². The highest BCUT2D eigenvalue weighted by Gasteiger charge is 2.12. The Kier molecular flexibility index (Phi) is 5.58. The van der Waals surface area contributed by atoms with Gasteiger partial charge in [-0.15, -0.1) is 0 Å². The summed E-state index contributed by atoms with van der Waals surface area (Å²) in [6, 6.07) is 15.9. The maximum atomic E-state index is 12.2. The van der Waals surface area contributed by atoms with Crippen LogP contribution in [0.4, 0.5) is 11.4 Å². The molecule has 1 amide bonds. The maximum absolute atomic E-state index is 12.2. The van der Waals surface area contributed by atoms with E-state index in [1.165, 1.54) is 12.3 Å². The van der Waals surface area contributed by atoms with Crippen LogP contribution in [0.3, 0.4) is 0 Å². The summed E-state index contributed by atoms with van der Waals surface area (Å²) in [4.78, 5) is 12.2. The van der Waals surface area contributed by atoms with E-state index in [4.69, 9.17) is 0 Å². The molecular formula is C19H19N3O2. The van der Waals surface area contributed by atoms with E-state index in [0.29, 0.717) is 5.92 Å². The van der Waals surface area contributed by atoms with Crippen LogP contribution >= 0.6 is 0 Å². The molecule has 0 spiro atoms. The van der Waals surface area contributed by atoms with Gasteiger partial charge in [0.1, 0.15) is 17.4 Å². The van der Waals surface area contributed by atoms with Crippen LogP contribution in [-0.4, -0.2) is 11.0 Å². The van der Waals surface area contributed by atoms with Crippen LogP contribution in [0, 0.1) is 11.3 Å². The van der Waals surface area contributed by atoms with Crippen molar-refractivity contribution in [3.63, 3.8) is 0 Å². The Balaban J connectivity index is 2.17. The van der Waals surface area contributed by atoms with Gasteiger partial charge in [-0.3, -0.25) is 4.79 Å². The Morgan fingerprint density at radius 3 is 2.38 bits per heavy atom. The standard InChI is InChI=1S/C19H19N3O2/c1-13(2)15-7-3-4-8-16(15)21-12-14(11-20)19(24)22-17-9-5-6-10-18(17)23/h3-10,12-13,21,23H,1-2H3,(H,22,24)/b14-12-. The third-order valence-corrected chi connectivity index (χ3v) is 3.47. The first-order valence-corrected chi connectivity index (χ1v) is 7.58. The summed E-state index contributed by atoms with van der Waals surface area (Å²) >= 11 is 0. The summed E-state index contributed by atoms with van der Waals surface area (Å²) in [5, 5.41) is 24.4. The molecule has 0 radical (unpaired) electrons. The first-order chi connectivity index (χ1) is 11.5. The second kappa shape index (κ2) is 7.84. The number of para-hydroxylation sites is 3. The molecule has 0 aliphatic heterocycles. The van der Waals surface area contributed by atoms with E-state index in [-0.39, 0.29) is 17.0 Å². The van der Waals surface area contributed by atoms with Crippen molar-refractivity contribution < 1.29 is 9.90 Å². The molecule has 0 saturated heterocycles. The van der Waals surface area contributed by atoms with Crippen molar-refractivity contribution in [2.45, 2.75) is 19.8 Å². The molecule has 0 aliphatic carbocycles. The van der Waals surface area contributed by atoms with Crippen LogP contribution in [0.2, 0.25) is 0 Å². The van der Waals surface area contributed by atoms with Crippen LogP contribution < -0.4 is 10.6 Å². The molecule has 0 saturated carbocycles. The van der Waals surface area contributed by atoms with Gasteiger partial charge in [0.25, 0.3) is 5.91 Å². The first-order valence-electron chi connectivity index (χ1n) is 7.58. The second-order valence-corrected chi connectivity index (χ2v) is 5.53. The molecule has 0 bridgehead atoms. The van der Waals surface area contributed by atoms with Gasteiger partial charge in [0.15, 0.2) is 0 Å². The fourth-order valence-electron chi connectivity index (χ4n) is 2.20. The number of carbonyl (C=O) groups excluding carboxylic acids is 1. The highest BCUT2D eigenvalue weighted by molar-refractivity contribution is 6.07. The van der Waals surface area contributed by atoms with E-state index in [2.05, 4.69) is 24.5 Å². The number of hydrogen-bond acceptors (Lipinski definition) is 4. The van der Waals surface area contributed by atoms with E-state index < -0.39 is 5.91 Å². The van der Waals surface area contributed by atoms with Crippen molar-refractivity contribution in [1.29, 1.82) is 5.26 Å². The Bertz CT molecular complexity index is 804. The van der Waals surface area contributed by atoms with E-state index in [1.54, 1.807) is 18.2 Å². The first kappa shape index (κ1) is 17.1. The number of nitrogens with zero attached hydrogens (tertiary/aromatic N) is 1. The number of rotatable bonds is 5. The summed E-state index contributed by atoms with van der Waals surface area (Å²) < 4.78 is 0. The van der Waals surface area contributed by atoms with Crippen molar-refractivity contribution in [3.8, 4) is 11.8 Å². The number of hydrogen-bond donors (Lipinski definition) is 3. The van der Waals surface area contributed by atoms with Gasteiger partial charge in [-0.1, -0.05) is 44.2 Å². The van der Waals surface area contributed by atoms with E-state index >= 15 is 0 Å². The largest absolute Gasteiger partial charge is 0.506 e. The lowest BCUT2D eigenvalue weighted by atomic mass is 10.0. The predicted molar refractivity (Wildman–Crippen MR) is 94.6 cm³/mol. The Hall–Kier alpha value is -3.26. The van der Waals surface area contributed by atoms with Crippen molar-refractivity contribution in [2.24, 2.45) is 0 Å². The van der Waals surface area contributed by atoms with Gasteiger partial charge < -0.3 is 15.7 Å². The second-order valence-electron chi connectivity index (χ2n) is 5.53. The maximum Gasteiger partial charge on any atom is 0.267 e. The number of nitrogens with one attached hydrogen (secondary N) is 2. The zero-order chi connectivity index (χ0) is 17.5. The minimum atomic E-state index is -0.589. The van der Waals surface area contributed by atoms with Gasteiger partial charge in [0, 0.05) is 11.9 Å². The summed E-state index contributed by atoms with van der Waals surface area (Å²) in [6.45, 7) is 4.14. The molecule has 5 heteroatoms. The normalized spacial score (nSPS) is 11.0. The van der Waals surface area contributed by atoms with Crippen molar-refractivity contribution in [3.05, 3.63) is 65.9 Å².